The van der Waals surface area contributed by atoms with Gasteiger partial charge in [0, 0.05) is 0 Å². The largest absolute Gasteiger partial charge is 0.487 e. The van der Waals surface area contributed by atoms with Crippen molar-refractivity contribution in [1.82, 2.24) is 0 Å². The van der Waals surface area contributed by atoms with Crippen molar-refractivity contribution >= 4 is 12.1 Å². The zero-order valence-electron chi connectivity index (χ0n) is 16.7. The maximum Gasteiger partial charge on any atom is 0.211 e. The molecule has 0 spiro atoms. The fourth-order valence-corrected chi connectivity index (χ4v) is 2.55. The zero-order chi connectivity index (χ0) is 19.7. The monoisotopic (exact) mass is 370 g/mol. The number of rotatable bonds is 11. The van der Waals surface area contributed by atoms with Crippen molar-refractivity contribution in [2.24, 2.45) is 5.73 Å². The minimum atomic E-state index is 0.490. The molecule has 0 aromatic heterocycles. The van der Waals surface area contributed by atoms with Crippen molar-refractivity contribution in [3.63, 3.8) is 0 Å². The third-order valence-electron chi connectivity index (χ3n) is 4.12. The number of unbranched alkanes of at least 4 members (excludes halogenated alkanes) is 3. The number of hydrogen-bond donors (Lipinski definition) is 2. The van der Waals surface area contributed by atoms with E-state index in [9.17, 15) is 4.79 Å². The molecule has 0 radical (unpaired) electrons. The lowest BCUT2D eigenvalue weighted by atomic mass is 10.1. The van der Waals surface area contributed by atoms with E-state index in [4.69, 9.17) is 10.5 Å². The first-order valence-corrected chi connectivity index (χ1v) is 9.95. The van der Waals surface area contributed by atoms with Gasteiger partial charge >= 0.3 is 0 Å². The molecule has 27 heavy (non-hydrogen) atoms. The Bertz CT molecular complexity index is 628. The van der Waals surface area contributed by atoms with Gasteiger partial charge in [-0.1, -0.05) is 69.5 Å². The molecular weight excluding hydrogens is 336 g/mol. The molecule has 0 bridgehead atoms. The first-order valence-electron chi connectivity index (χ1n) is 9.95. The van der Waals surface area contributed by atoms with E-state index in [-0.39, 0.29) is 0 Å². The highest BCUT2D eigenvalue weighted by Gasteiger charge is 2.05. The van der Waals surface area contributed by atoms with Gasteiger partial charge in [-0.15, -0.1) is 0 Å². The predicted octanol–water partition coefficient (Wildman–Crippen LogP) is 5.31. The molecule has 0 saturated heterocycles. The zero-order valence-corrected chi connectivity index (χ0v) is 16.7. The second-order valence-corrected chi connectivity index (χ2v) is 6.47. The van der Waals surface area contributed by atoms with E-state index in [1.54, 1.807) is 0 Å². The summed E-state index contributed by atoms with van der Waals surface area (Å²) < 4.78 is 5.83. The maximum absolute atomic E-state index is 10.8. The van der Waals surface area contributed by atoms with Crippen molar-refractivity contribution in [2.75, 3.05) is 11.9 Å². The van der Waals surface area contributed by atoms with Crippen molar-refractivity contribution in [3.05, 3.63) is 59.7 Å². The molecule has 4 nitrogen and oxygen atoms in total. The summed E-state index contributed by atoms with van der Waals surface area (Å²) in [7, 11) is 0. The number of nitrogens with two attached hydrogens (primary N) is 1. The van der Waals surface area contributed by atoms with E-state index >= 15 is 0 Å². The summed E-state index contributed by atoms with van der Waals surface area (Å²) in [5, 5.41) is 2.74. The number of aryl methyl sites for hydroxylation is 1. The lowest BCUT2D eigenvalue weighted by Gasteiger charge is -2.12. The summed E-state index contributed by atoms with van der Waals surface area (Å²) in [6.07, 6.45) is 7.71. The lowest BCUT2D eigenvalue weighted by molar-refractivity contribution is -0.105. The molecule has 2 rings (SSSR count). The topological polar surface area (TPSA) is 64.3 Å². The van der Waals surface area contributed by atoms with Crippen LogP contribution in [0.5, 0.6) is 5.75 Å². The Balaban J connectivity index is 0.000000646. The number of carbonyl (C=O) groups excluding carboxylic acids is 1. The predicted molar refractivity (Wildman–Crippen MR) is 114 cm³/mol. The van der Waals surface area contributed by atoms with Gasteiger partial charge in [0.05, 0.1) is 5.69 Å². The van der Waals surface area contributed by atoms with Crippen LogP contribution >= 0.6 is 0 Å². The molecule has 0 aliphatic rings. The average molecular weight is 371 g/mol. The van der Waals surface area contributed by atoms with Crippen LogP contribution < -0.4 is 15.8 Å². The number of amides is 1. The molecule has 0 heterocycles. The molecule has 2 aromatic rings. The smallest absolute Gasteiger partial charge is 0.211 e. The molecular formula is C23H34N2O2. The van der Waals surface area contributed by atoms with Gasteiger partial charge in [0.2, 0.25) is 6.41 Å². The highest BCUT2D eigenvalue weighted by Crippen LogP contribution is 2.27. The number of ether oxygens (including phenoxy) is 1. The van der Waals surface area contributed by atoms with Gasteiger partial charge in [-0.05, 0) is 49.1 Å². The molecule has 2 aromatic carbocycles. The normalized spacial score (nSPS) is 9.89. The van der Waals surface area contributed by atoms with Gasteiger partial charge in [-0.2, -0.15) is 0 Å². The number of anilines is 1. The highest BCUT2D eigenvalue weighted by atomic mass is 16.5. The Kier molecular flexibility index (Phi) is 12.4. The Morgan fingerprint density at radius 1 is 0.963 bits per heavy atom. The molecule has 0 saturated carbocycles. The molecule has 3 N–H and O–H groups in total. The van der Waals surface area contributed by atoms with E-state index in [1.807, 2.05) is 42.5 Å². The van der Waals surface area contributed by atoms with Crippen LogP contribution in [-0.4, -0.2) is 13.0 Å². The molecule has 4 heteroatoms. The SMILES string of the molecule is CCCCCc1ccc(OCc2ccccc2)c(NC=O)c1.CCCCN. The second kappa shape index (κ2) is 14.8. The fraction of sp³-hybridized carbons (Fsp3) is 0.435. The van der Waals surface area contributed by atoms with Crippen molar-refractivity contribution in [3.8, 4) is 5.75 Å². The highest BCUT2D eigenvalue weighted by molar-refractivity contribution is 5.75. The Morgan fingerprint density at radius 3 is 2.30 bits per heavy atom. The van der Waals surface area contributed by atoms with Crippen molar-refractivity contribution in [2.45, 2.75) is 59.0 Å². The van der Waals surface area contributed by atoms with Gasteiger partial charge in [-0.25, -0.2) is 0 Å². The van der Waals surface area contributed by atoms with Gasteiger partial charge in [-0.3, -0.25) is 4.79 Å². The van der Waals surface area contributed by atoms with Crippen LogP contribution in [0.25, 0.3) is 0 Å². The van der Waals surface area contributed by atoms with Crippen LogP contribution in [0.2, 0.25) is 0 Å². The first-order chi connectivity index (χ1) is 13.2. The minimum Gasteiger partial charge on any atom is -0.487 e. The van der Waals surface area contributed by atoms with E-state index in [0.29, 0.717) is 18.8 Å². The first kappa shape index (κ1) is 22.7. The number of nitrogens with one attached hydrogen (secondary N) is 1. The molecule has 0 aliphatic carbocycles. The van der Waals surface area contributed by atoms with E-state index in [0.717, 1.165) is 24.2 Å². The van der Waals surface area contributed by atoms with Gasteiger partial charge in [0.15, 0.2) is 0 Å². The number of hydrogen-bond acceptors (Lipinski definition) is 3. The lowest BCUT2D eigenvalue weighted by Crippen LogP contribution is -2.02. The standard InChI is InChI=1S/C19H23NO2.C4H11N/c1-2-3-5-8-16-11-12-19(18(13-16)20-15-21)22-14-17-9-6-4-7-10-17;1-2-3-4-5/h4,6-7,9-13,15H,2-3,5,8,14H2,1H3,(H,20,21);2-5H2,1H3. The Morgan fingerprint density at radius 2 is 1.70 bits per heavy atom. The summed E-state index contributed by atoms with van der Waals surface area (Å²) in [5.74, 6) is 0.704. The van der Waals surface area contributed by atoms with Crippen LogP contribution in [0.1, 0.15) is 57.1 Å². The molecule has 0 aliphatic heterocycles. The molecule has 0 unspecified atom stereocenters. The summed E-state index contributed by atoms with van der Waals surface area (Å²) >= 11 is 0. The molecule has 0 fully saturated rings. The Hall–Kier alpha value is -2.33. The van der Waals surface area contributed by atoms with Crippen LogP contribution in [0, 0.1) is 0 Å². The summed E-state index contributed by atoms with van der Waals surface area (Å²) in [4.78, 5) is 10.8. The summed E-state index contributed by atoms with van der Waals surface area (Å²) in [6.45, 7) is 5.66. The average Bonchev–Trinajstić information content (AvgIpc) is 2.70. The van der Waals surface area contributed by atoms with Gasteiger partial charge < -0.3 is 15.8 Å². The number of benzene rings is 2. The summed E-state index contributed by atoms with van der Waals surface area (Å²) in [5.41, 5.74) is 8.21. The Labute approximate surface area is 164 Å². The molecule has 0 atom stereocenters. The van der Waals surface area contributed by atoms with E-state index < -0.39 is 0 Å². The number of carbonyl (C=O) groups is 1. The van der Waals surface area contributed by atoms with Crippen LogP contribution in [0.4, 0.5) is 5.69 Å². The van der Waals surface area contributed by atoms with Crippen molar-refractivity contribution < 1.29 is 9.53 Å². The quantitative estimate of drug-likeness (QED) is 0.416. The van der Waals surface area contributed by atoms with E-state index in [2.05, 4.69) is 25.2 Å². The molecule has 1 amide bonds. The maximum atomic E-state index is 10.8. The summed E-state index contributed by atoms with van der Waals surface area (Å²) in [6, 6.07) is 16.0. The van der Waals surface area contributed by atoms with E-state index in [1.165, 1.54) is 37.7 Å². The van der Waals surface area contributed by atoms with Gasteiger partial charge in [0.25, 0.3) is 0 Å². The van der Waals surface area contributed by atoms with Crippen LogP contribution in [0.3, 0.4) is 0 Å². The van der Waals surface area contributed by atoms with Crippen molar-refractivity contribution in [1.29, 1.82) is 0 Å². The fourth-order valence-electron chi connectivity index (χ4n) is 2.55. The minimum absolute atomic E-state index is 0.490. The van der Waals surface area contributed by atoms with Gasteiger partial charge in [0.1, 0.15) is 12.4 Å². The van der Waals surface area contributed by atoms with Crippen LogP contribution in [-0.2, 0) is 17.8 Å². The third kappa shape index (κ3) is 9.80. The van der Waals surface area contributed by atoms with Crippen LogP contribution in [0.15, 0.2) is 48.5 Å². The second-order valence-electron chi connectivity index (χ2n) is 6.47. The molecule has 148 valence electrons. The third-order valence-corrected chi connectivity index (χ3v) is 4.12.